The summed E-state index contributed by atoms with van der Waals surface area (Å²) >= 11 is 5.64. The number of hydrogen-bond donors (Lipinski definition) is 1. The van der Waals surface area contributed by atoms with Gasteiger partial charge in [-0.05, 0) is 18.5 Å². The summed E-state index contributed by atoms with van der Waals surface area (Å²) in [6.07, 6.45) is 0. The number of aliphatic hydroxyl groups is 1. The van der Waals surface area contributed by atoms with Gasteiger partial charge in [0.2, 0.25) is 11.1 Å². The van der Waals surface area contributed by atoms with Crippen LogP contribution in [0, 0.1) is 17.0 Å². The number of rotatable bonds is 4. The molecule has 1 aromatic heterocycles. The van der Waals surface area contributed by atoms with E-state index >= 15 is 0 Å². The van der Waals surface area contributed by atoms with Gasteiger partial charge in [-0.1, -0.05) is 0 Å². The van der Waals surface area contributed by atoms with E-state index in [4.69, 9.17) is 16.7 Å². The van der Waals surface area contributed by atoms with Crippen molar-refractivity contribution in [1.82, 2.24) is 9.97 Å². The monoisotopic (exact) mass is 246 g/mol. The summed E-state index contributed by atoms with van der Waals surface area (Å²) in [5.41, 5.74) is 0.00476. The molecule has 0 spiro atoms. The van der Waals surface area contributed by atoms with Gasteiger partial charge in [0, 0.05) is 13.6 Å². The lowest BCUT2D eigenvalue weighted by atomic mass is 10.3. The van der Waals surface area contributed by atoms with Crippen LogP contribution in [0.15, 0.2) is 0 Å². The fraction of sp³-hybridized carbons (Fsp3) is 0.500. The summed E-state index contributed by atoms with van der Waals surface area (Å²) < 4.78 is 0. The highest BCUT2D eigenvalue weighted by Gasteiger charge is 2.24. The van der Waals surface area contributed by atoms with Gasteiger partial charge in [0.15, 0.2) is 0 Å². The van der Waals surface area contributed by atoms with Crippen LogP contribution in [0.4, 0.5) is 11.5 Å². The standard InChI is InChI=1S/C8H11ClN4O3/c1-5-6(13(15)16)7(11-8(9)10-5)12(2)3-4-14/h14H,3-4H2,1-2H3. The lowest BCUT2D eigenvalue weighted by Gasteiger charge is -2.16. The molecule has 0 saturated carbocycles. The van der Waals surface area contributed by atoms with Crippen LogP contribution >= 0.6 is 11.6 Å². The summed E-state index contributed by atoms with van der Waals surface area (Å²) in [4.78, 5) is 19.3. The molecule has 1 heterocycles. The van der Waals surface area contributed by atoms with Crippen LogP contribution in [0.1, 0.15) is 5.69 Å². The van der Waals surface area contributed by atoms with E-state index in [1.165, 1.54) is 11.8 Å². The third-order valence-corrected chi connectivity index (χ3v) is 2.16. The average Bonchev–Trinajstić information content (AvgIpc) is 2.15. The van der Waals surface area contributed by atoms with Crippen molar-refractivity contribution in [2.24, 2.45) is 0 Å². The Hall–Kier alpha value is -1.47. The second-order valence-electron chi connectivity index (χ2n) is 3.15. The molecule has 0 aromatic carbocycles. The highest BCUT2D eigenvalue weighted by atomic mass is 35.5. The van der Waals surface area contributed by atoms with Gasteiger partial charge in [0.25, 0.3) is 0 Å². The van der Waals surface area contributed by atoms with Crippen LogP contribution in [-0.4, -0.2) is 40.2 Å². The second kappa shape index (κ2) is 5.04. The molecule has 7 nitrogen and oxygen atoms in total. The number of aryl methyl sites for hydroxylation is 1. The van der Waals surface area contributed by atoms with E-state index in [1.54, 1.807) is 7.05 Å². The van der Waals surface area contributed by atoms with Crippen LogP contribution in [0.3, 0.4) is 0 Å². The van der Waals surface area contributed by atoms with E-state index in [2.05, 4.69) is 9.97 Å². The van der Waals surface area contributed by atoms with Crippen LogP contribution in [0.2, 0.25) is 5.28 Å². The van der Waals surface area contributed by atoms with Crippen molar-refractivity contribution in [2.45, 2.75) is 6.92 Å². The minimum atomic E-state index is -0.561. The minimum absolute atomic E-state index is 0.0529. The molecule has 8 heteroatoms. The quantitative estimate of drug-likeness (QED) is 0.479. The molecule has 0 saturated heterocycles. The maximum absolute atomic E-state index is 10.9. The number of hydrogen-bond acceptors (Lipinski definition) is 6. The van der Waals surface area contributed by atoms with Gasteiger partial charge >= 0.3 is 5.69 Å². The van der Waals surface area contributed by atoms with E-state index in [0.29, 0.717) is 0 Å². The van der Waals surface area contributed by atoms with Gasteiger partial charge in [0.05, 0.1) is 11.5 Å². The van der Waals surface area contributed by atoms with E-state index < -0.39 is 4.92 Å². The Balaban J connectivity index is 3.29. The molecule has 0 bridgehead atoms. The molecule has 0 aliphatic heterocycles. The number of halogens is 1. The van der Waals surface area contributed by atoms with Crippen LogP contribution < -0.4 is 4.90 Å². The number of aliphatic hydroxyl groups excluding tert-OH is 1. The van der Waals surface area contributed by atoms with Crippen LogP contribution in [-0.2, 0) is 0 Å². The molecule has 1 N–H and O–H groups in total. The molecule has 16 heavy (non-hydrogen) atoms. The summed E-state index contributed by atoms with van der Waals surface area (Å²) in [5.74, 6) is 0.108. The highest BCUT2D eigenvalue weighted by Crippen LogP contribution is 2.28. The van der Waals surface area contributed by atoms with E-state index in [9.17, 15) is 10.1 Å². The van der Waals surface area contributed by atoms with Crippen molar-refractivity contribution in [2.75, 3.05) is 25.1 Å². The highest BCUT2D eigenvalue weighted by molar-refractivity contribution is 6.28. The molecule has 0 fully saturated rings. The lowest BCUT2D eigenvalue weighted by molar-refractivity contribution is -0.385. The molecular weight excluding hydrogens is 236 g/mol. The first-order valence-electron chi connectivity index (χ1n) is 4.48. The normalized spacial score (nSPS) is 10.2. The Kier molecular flexibility index (Phi) is 3.97. The number of aromatic nitrogens is 2. The van der Waals surface area contributed by atoms with E-state index in [-0.39, 0.29) is 35.6 Å². The maximum Gasteiger partial charge on any atom is 0.332 e. The first kappa shape index (κ1) is 12.6. The van der Waals surface area contributed by atoms with Crippen molar-refractivity contribution in [3.8, 4) is 0 Å². The first-order chi connectivity index (χ1) is 7.47. The number of anilines is 1. The molecule has 0 aliphatic rings. The number of nitrogens with zero attached hydrogens (tertiary/aromatic N) is 4. The van der Waals surface area contributed by atoms with Gasteiger partial charge in [-0.2, -0.15) is 4.98 Å². The summed E-state index contributed by atoms with van der Waals surface area (Å²) in [5, 5.41) is 19.6. The zero-order valence-corrected chi connectivity index (χ0v) is 9.60. The first-order valence-corrected chi connectivity index (χ1v) is 4.85. The van der Waals surface area contributed by atoms with Crippen LogP contribution in [0.5, 0.6) is 0 Å². The van der Waals surface area contributed by atoms with Crippen molar-refractivity contribution < 1.29 is 10.0 Å². The van der Waals surface area contributed by atoms with Gasteiger partial charge in [-0.3, -0.25) is 10.1 Å². The fourth-order valence-corrected chi connectivity index (χ4v) is 1.46. The summed E-state index contributed by atoms with van der Waals surface area (Å²) in [6, 6.07) is 0. The minimum Gasteiger partial charge on any atom is -0.395 e. The molecule has 1 rings (SSSR count). The Morgan fingerprint density at radius 2 is 2.19 bits per heavy atom. The zero-order chi connectivity index (χ0) is 12.3. The largest absolute Gasteiger partial charge is 0.395 e. The molecule has 0 radical (unpaired) electrons. The zero-order valence-electron chi connectivity index (χ0n) is 8.84. The smallest absolute Gasteiger partial charge is 0.332 e. The molecule has 1 aromatic rings. The SMILES string of the molecule is Cc1nc(Cl)nc(N(C)CCO)c1[N+](=O)[O-]. The lowest BCUT2D eigenvalue weighted by Crippen LogP contribution is -2.24. The van der Waals surface area contributed by atoms with Crippen LogP contribution in [0.25, 0.3) is 0 Å². The fourth-order valence-electron chi connectivity index (χ4n) is 1.25. The molecule has 0 aliphatic carbocycles. The van der Waals surface area contributed by atoms with Gasteiger partial charge in [-0.25, -0.2) is 4.98 Å². The Morgan fingerprint density at radius 1 is 1.56 bits per heavy atom. The third-order valence-electron chi connectivity index (χ3n) is 1.99. The van der Waals surface area contributed by atoms with E-state index in [1.807, 2.05) is 0 Å². The van der Waals surface area contributed by atoms with Gasteiger partial charge < -0.3 is 10.0 Å². The van der Waals surface area contributed by atoms with Crippen molar-refractivity contribution in [3.05, 3.63) is 21.1 Å². The van der Waals surface area contributed by atoms with Crippen molar-refractivity contribution in [1.29, 1.82) is 0 Å². The second-order valence-corrected chi connectivity index (χ2v) is 3.49. The summed E-state index contributed by atoms with van der Waals surface area (Å²) in [7, 11) is 1.58. The van der Waals surface area contributed by atoms with Gasteiger partial charge in [0.1, 0.15) is 5.69 Å². The molecule has 0 amide bonds. The molecule has 0 unspecified atom stereocenters. The topological polar surface area (TPSA) is 92.4 Å². The maximum atomic E-state index is 10.9. The molecular formula is C8H11ClN4O3. The Morgan fingerprint density at radius 3 is 2.69 bits per heavy atom. The molecule has 88 valence electrons. The predicted octanol–water partition coefficient (Wildman–Crippen LogP) is 0.775. The van der Waals surface area contributed by atoms with Gasteiger partial charge in [-0.15, -0.1) is 0 Å². The predicted molar refractivity (Wildman–Crippen MR) is 58.8 cm³/mol. The summed E-state index contributed by atoms with van der Waals surface area (Å²) in [6.45, 7) is 1.59. The third kappa shape index (κ3) is 2.56. The van der Waals surface area contributed by atoms with Crippen molar-refractivity contribution >= 4 is 23.1 Å². The van der Waals surface area contributed by atoms with E-state index in [0.717, 1.165) is 0 Å². The average molecular weight is 247 g/mol. The molecule has 0 atom stereocenters. The Bertz CT molecular complexity index is 413. The van der Waals surface area contributed by atoms with Crippen molar-refractivity contribution in [3.63, 3.8) is 0 Å². The number of nitro groups is 1. The number of likely N-dealkylation sites (N-methyl/N-ethyl adjacent to an activating group) is 1. The Labute approximate surface area is 96.8 Å².